The summed E-state index contributed by atoms with van der Waals surface area (Å²) in [7, 11) is 0. The number of ether oxygens (including phenoxy) is 1. The number of nitrogens with zero attached hydrogens (tertiary/aromatic N) is 3. The summed E-state index contributed by atoms with van der Waals surface area (Å²) in [5, 5.41) is 0. The van der Waals surface area contributed by atoms with Crippen LogP contribution in [0, 0.1) is 0 Å². The molecule has 0 spiro atoms. The van der Waals surface area contributed by atoms with Crippen molar-refractivity contribution in [3.05, 3.63) is 17.7 Å². The molecule has 0 radical (unpaired) electrons. The second-order valence-electron chi connectivity index (χ2n) is 5.05. The van der Waals surface area contributed by atoms with E-state index in [1.54, 1.807) is 0 Å². The molecule has 18 heavy (non-hydrogen) atoms. The van der Waals surface area contributed by atoms with Gasteiger partial charge >= 0.3 is 0 Å². The van der Waals surface area contributed by atoms with Crippen LogP contribution in [0.25, 0.3) is 0 Å². The van der Waals surface area contributed by atoms with E-state index in [0.717, 1.165) is 36.9 Å². The lowest BCUT2D eigenvalue weighted by atomic mass is 10.2. The van der Waals surface area contributed by atoms with Gasteiger partial charge in [-0.15, -0.1) is 0 Å². The number of rotatable bonds is 3. The van der Waals surface area contributed by atoms with E-state index in [1.165, 1.54) is 0 Å². The number of anilines is 1. The van der Waals surface area contributed by atoms with Crippen LogP contribution in [0.15, 0.2) is 6.20 Å². The monoisotopic (exact) mass is 250 g/mol. The van der Waals surface area contributed by atoms with Crippen LogP contribution in [0.1, 0.15) is 38.2 Å². The van der Waals surface area contributed by atoms with Gasteiger partial charge in [-0.1, -0.05) is 13.8 Å². The zero-order valence-electron chi connectivity index (χ0n) is 11.4. The summed E-state index contributed by atoms with van der Waals surface area (Å²) in [5.41, 5.74) is 7.80. The first kappa shape index (κ1) is 13.2. The second-order valence-corrected chi connectivity index (χ2v) is 5.05. The minimum atomic E-state index is 0.245. The number of morpholine rings is 1. The predicted molar refractivity (Wildman–Crippen MR) is 71.6 cm³/mol. The maximum atomic E-state index is 5.81. The minimum absolute atomic E-state index is 0.245. The van der Waals surface area contributed by atoms with Crippen molar-refractivity contribution in [1.29, 1.82) is 0 Å². The van der Waals surface area contributed by atoms with Crippen LogP contribution in [0.2, 0.25) is 0 Å². The van der Waals surface area contributed by atoms with E-state index in [1.807, 2.05) is 6.20 Å². The van der Waals surface area contributed by atoms with Gasteiger partial charge < -0.3 is 15.4 Å². The normalized spacial score (nSPS) is 20.5. The SMILES string of the molecule is CC1CN(c2cnc(C(C)C)nc2CN)CCO1. The third-order valence-corrected chi connectivity index (χ3v) is 3.16. The molecular weight excluding hydrogens is 228 g/mol. The first-order valence-electron chi connectivity index (χ1n) is 6.54. The molecule has 1 atom stereocenters. The first-order valence-corrected chi connectivity index (χ1v) is 6.54. The predicted octanol–water partition coefficient (Wildman–Crippen LogP) is 1.28. The maximum absolute atomic E-state index is 5.81. The summed E-state index contributed by atoms with van der Waals surface area (Å²) in [6.45, 7) is 9.20. The third kappa shape index (κ3) is 2.79. The van der Waals surface area contributed by atoms with E-state index in [4.69, 9.17) is 10.5 Å². The van der Waals surface area contributed by atoms with Crippen LogP contribution in [-0.2, 0) is 11.3 Å². The molecule has 5 heteroatoms. The summed E-state index contributed by atoms with van der Waals surface area (Å²) >= 11 is 0. The van der Waals surface area contributed by atoms with Crippen molar-refractivity contribution < 1.29 is 4.74 Å². The number of hydrogen-bond donors (Lipinski definition) is 1. The molecule has 0 aromatic carbocycles. The van der Waals surface area contributed by atoms with Crippen molar-refractivity contribution in [3.8, 4) is 0 Å². The Kier molecular flexibility index (Phi) is 4.14. The van der Waals surface area contributed by atoms with Crippen LogP contribution in [0.5, 0.6) is 0 Å². The fourth-order valence-corrected chi connectivity index (χ4v) is 2.16. The van der Waals surface area contributed by atoms with Crippen molar-refractivity contribution in [3.63, 3.8) is 0 Å². The van der Waals surface area contributed by atoms with Crippen molar-refractivity contribution in [2.24, 2.45) is 5.73 Å². The van der Waals surface area contributed by atoms with Gasteiger partial charge in [0.15, 0.2) is 0 Å². The highest BCUT2D eigenvalue weighted by atomic mass is 16.5. The highest BCUT2D eigenvalue weighted by Gasteiger charge is 2.20. The Balaban J connectivity index is 2.26. The van der Waals surface area contributed by atoms with Crippen LogP contribution >= 0.6 is 0 Å². The minimum Gasteiger partial charge on any atom is -0.375 e. The number of nitrogens with two attached hydrogens (primary N) is 1. The Morgan fingerprint density at radius 3 is 2.94 bits per heavy atom. The average Bonchev–Trinajstić information content (AvgIpc) is 2.37. The van der Waals surface area contributed by atoms with Crippen molar-refractivity contribution in [2.75, 3.05) is 24.6 Å². The highest BCUT2D eigenvalue weighted by Crippen LogP contribution is 2.22. The van der Waals surface area contributed by atoms with Crippen molar-refractivity contribution in [1.82, 2.24) is 9.97 Å². The van der Waals surface area contributed by atoms with Gasteiger partial charge in [0.2, 0.25) is 0 Å². The zero-order chi connectivity index (χ0) is 13.1. The van der Waals surface area contributed by atoms with Gasteiger partial charge in [-0.2, -0.15) is 0 Å². The molecule has 1 aliphatic rings. The molecule has 1 saturated heterocycles. The molecule has 100 valence electrons. The van der Waals surface area contributed by atoms with E-state index in [0.29, 0.717) is 12.5 Å². The van der Waals surface area contributed by atoms with Gasteiger partial charge in [-0.05, 0) is 6.92 Å². The molecule has 0 aliphatic carbocycles. The molecule has 1 aromatic rings. The molecule has 0 bridgehead atoms. The van der Waals surface area contributed by atoms with Gasteiger partial charge in [-0.25, -0.2) is 9.97 Å². The Bertz CT molecular complexity index is 408. The van der Waals surface area contributed by atoms with E-state index < -0.39 is 0 Å². The molecule has 5 nitrogen and oxygen atoms in total. The van der Waals surface area contributed by atoms with Gasteiger partial charge in [0.25, 0.3) is 0 Å². The van der Waals surface area contributed by atoms with E-state index in [-0.39, 0.29) is 6.10 Å². The van der Waals surface area contributed by atoms with Gasteiger partial charge in [0, 0.05) is 25.6 Å². The lowest BCUT2D eigenvalue weighted by molar-refractivity contribution is 0.0531. The number of hydrogen-bond acceptors (Lipinski definition) is 5. The fraction of sp³-hybridized carbons (Fsp3) is 0.692. The van der Waals surface area contributed by atoms with E-state index >= 15 is 0 Å². The molecule has 1 aliphatic heterocycles. The highest BCUT2D eigenvalue weighted by molar-refractivity contribution is 5.49. The Labute approximate surface area is 108 Å². The standard InChI is InChI=1S/C13H22N4O/c1-9(2)13-15-7-12(11(6-14)16-13)17-4-5-18-10(3)8-17/h7,9-10H,4-6,8,14H2,1-3H3. The summed E-state index contributed by atoms with van der Waals surface area (Å²) < 4.78 is 5.55. The molecule has 1 fully saturated rings. The fourth-order valence-electron chi connectivity index (χ4n) is 2.16. The second kappa shape index (κ2) is 5.63. The number of aromatic nitrogens is 2. The van der Waals surface area contributed by atoms with E-state index in [9.17, 15) is 0 Å². The Hall–Kier alpha value is -1.20. The van der Waals surface area contributed by atoms with Gasteiger partial charge in [0.1, 0.15) is 5.82 Å². The summed E-state index contributed by atoms with van der Waals surface area (Å²) in [4.78, 5) is 11.3. The van der Waals surface area contributed by atoms with E-state index in [2.05, 4.69) is 35.6 Å². The summed E-state index contributed by atoms with van der Waals surface area (Å²) in [6.07, 6.45) is 2.15. The lowest BCUT2D eigenvalue weighted by Crippen LogP contribution is -2.42. The third-order valence-electron chi connectivity index (χ3n) is 3.16. The quantitative estimate of drug-likeness (QED) is 0.875. The molecule has 1 aromatic heterocycles. The molecule has 2 N–H and O–H groups in total. The van der Waals surface area contributed by atoms with Crippen molar-refractivity contribution in [2.45, 2.75) is 39.3 Å². The topological polar surface area (TPSA) is 64.3 Å². The smallest absolute Gasteiger partial charge is 0.131 e. The average molecular weight is 250 g/mol. The molecule has 2 rings (SSSR count). The summed E-state index contributed by atoms with van der Waals surface area (Å²) in [5.74, 6) is 1.19. The molecule has 0 saturated carbocycles. The molecule has 0 amide bonds. The van der Waals surface area contributed by atoms with Crippen LogP contribution < -0.4 is 10.6 Å². The van der Waals surface area contributed by atoms with Crippen molar-refractivity contribution >= 4 is 5.69 Å². The van der Waals surface area contributed by atoms with Gasteiger partial charge in [0.05, 0.1) is 30.3 Å². The molecular formula is C13H22N4O. The van der Waals surface area contributed by atoms with Crippen LogP contribution in [-0.4, -0.2) is 35.8 Å². The van der Waals surface area contributed by atoms with Crippen LogP contribution in [0.4, 0.5) is 5.69 Å². The zero-order valence-corrected chi connectivity index (χ0v) is 11.4. The molecule has 2 heterocycles. The Morgan fingerprint density at radius 2 is 2.33 bits per heavy atom. The maximum Gasteiger partial charge on any atom is 0.131 e. The largest absolute Gasteiger partial charge is 0.375 e. The summed E-state index contributed by atoms with van der Waals surface area (Å²) in [6, 6.07) is 0. The van der Waals surface area contributed by atoms with Crippen LogP contribution in [0.3, 0.4) is 0 Å². The first-order chi connectivity index (χ1) is 8.61. The molecule has 1 unspecified atom stereocenters. The lowest BCUT2D eigenvalue weighted by Gasteiger charge is -2.33. The van der Waals surface area contributed by atoms with Gasteiger partial charge in [-0.3, -0.25) is 0 Å². The Morgan fingerprint density at radius 1 is 1.56 bits per heavy atom.